The van der Waals surface area contributed by atoms with E-state index in [1.165, 1.54) is 47.5 Å². The minimum absolute atomic E-state index is 0.00890. The van der Waals surface area contributed by atoms with Crippen molar-refractivity contribution in [2.45, 2.75) is 11.3 Å². The maximum Gasteiger partial charge on any atom is 0.263 e. The zero-order chi connectivity index (χ0) is 22.9. The van der Waals surface area contributed by atoms with E-state index in [1.54, 1.807) is 5.38 Å². The smallest absolute Gasteiger partial charge is 0.263 e. The van der Waals surface area contributed by atoms with Crippen molar-refractivity contribution < 1.29 is 22.4 Å². The van der Waals surface area contributed by atoms with Crippen molar-refractivity contribution in [1.29, 1.82) is 0 Å². The number of amides is 2. The molecule has 2 N–H and O–H groups in total. The first-order valence-corrected chi connectivity index (χ1v) is 12.1. The Bertz CT molecular complexity index is 1270. The van der Waals surface area contributed by atoms with Crippen molar-refractivity contribution in [2.75, 3.05) is 21.5 Å². The summed E-state index contributed by atoms with van der Waals surface area (Å²) in [6, 6.07) is 9.57. The van der Waals surface area contributed by atoms with E-state index in [-0.39, 0.29) is 39.8 Å². The number of rotatable bonds is 6. The minimum Gasteiger partial charge on any atom is -0.326 e. The van der Waals surface area contributed by atoms with Crippen LogP contribution in [0.15, 0.2) is 58.9 Å². The summed E-state index contributed by atoms with van der Waals surface area (Å²) < 4.78 is 40.5. The van der Waals surface area contributed by atoms with Gasteiger partial charge in [-0.15, -0.1) is 11.3 Å². The molecule has 1 aromatic heterocycles. The van der Waals surface area contributed by atoms with Gasteiger partial charge in [-0.2, -0.15) is 0 Å². The minimum atomic E-state index is -3.80. The molecule has 1 unspecified atom stereocenters. The number of benzene rings is 2. The summed E-state index contributed by atoms with van der Waals surface area (Å²) in [5.41, 5.74) is 0.804. The number of aromatic nitrogens is 1. The predicted molar refractivity (Wildman–Crippen MR) is 120 cm³/mol. The van der Waals surface area contributed by atoms with Crippen molar-refractivity contribution in [3.05, 3.63) is 64.9 Å². The van der Waals surface area contributed by atoms with E-state index in [0.717, 1.165) is 17.4 Å². The number of hydrogen-bond acceptors (Lipinski definition) is 6. The van der Waals surface area contributed by atoms with Crippen LogP contribution in [0.25, 0.3) is 0 Å². The van der Waals surface area contributed by atoms with Gasteiger partial charge in [0.15, 0.2) is 5.13 Å². The fourth-order valence-electron chi connectivity index (χ4n) is 3.20. The van der Waals surface area contributed by atoms with Crippen LogP contribution in [-0.4, -0.2) is 31.8 Å². The van der Waals surface area contributed by atoms with Crippen molar-refractivity contribution in [3.8, 4) is 0 Å². The Kier molecular flexibility index (Phi) is 6.13. The van der Waals surface area contributed by atoms with Gasteiger partial charge in [-0.3, -0.25) is 14.3 Å². The van der Waals surface area contributed by atoms with Gasteiger partial charge in [0, 0.05) is 35.9 Å². The molecule has 2 aromatic carbocycles. The molecule has 3 aromatic rings. The highest BCUT2D eigenvalue weighted by molar-refractivity contribution is 7.93. The highest BCUT2D eigenvalue weighted by Crippen LogP contribution is 2.29. The van der Waals surface area contributed by atoms with Crippen LogP contribution in [0.5, 0.6) is 0 Å². The lowest BCUT2D eigenvalue weighted by molar-refractivity contribution is -0.122. The molecule has 0 saturated carbocycles. The standard InChI is InChI=1S/C20H16ClFN4O4S2/c21-16-10-14(3-6-17(16)22)26-11-12(9-18(26)27)19(28)24-13-1-4-15(5-2-13)32(29,30)25-20-23-7-8-31-20/h1-8,10,12H,9,11H2,(H,23,25)(H,24,28). The van der Waals surface area contributed by atoms with E-state index in [1.807, 2.05) is 0 Å². The highest BCUT2D eigenvalue weighted by Gasteiger charge is 2.35. The number of hydrogen-bond donors (Lipinski definition) is 2. The summed E-state index contributed by atoms with van der Waals surface area (Å²) in [6.07, 6.45) is 1.48. The lowest BCUT2D eigenvalue weighted by atomic mass is 10.1. The number of nitrogens with zero attached hydrogens (tertiary/aromatic N) is 2. The first kappa shape index (κ1) is 22.2. The fourth-order valence-corrected chi connectivity index (χ4v) is 5.16. The number of halogens is 2. The molecule has 0 radical (unpaired) electrons. The highest BCUT2D eigenvalue weighted by atomic mass is 35.5. The summed E-state index contributed by atoms with van der Waals surface area (Å²) in [5.74, 6) is -1.88. The van der Waals surface area contributed by atoms with E-state index < -0.39 is 21.8 Å². The molecule has 32 heavy (non-hydrogen) atoms. The van der Waals surface area contributed by atoms with Crippen molar-refractivity contribution in [2.24, 2.45) is 5.92 Å². The first-order chi connectivity index (χ1) is 15.2. The molecule has 12 heteroatoms. The molecular formula is C20H16ClFN4O4S2. The predicted octanol–water partition coefficient (Wildman–Crippen LogP) is 3.73. The van der Waals surface area contributed by atoms with Crippen molar-refractivity contribution in [3.63, 3.8) is 0 Å². The van der Waals surface area contributed by atoms with Crippen LogP contribution in [-0.2, 0) is 19.6 Å². The molecule has 1 aliphatic heterocycles. The quantitative estimate of drug-likeness (QED) is 0.543. The molecule has 2 amide bonds. The van der Waals surface area contributed by atoms with Crippen molar-refractivity contribution >= 4 is 61.3 Å². The van der Waals surface area contributed by atoms with Gasteiger partial charge < -0.3 is 10.2 Å². The zero-order valence-corrected chi connectivity index (χ0v) is 18.7. The Hall–Kier alpha value is -3.02. The maximum absolute atomic E-state index is 13.4. The third-order valence-electron chi connectivity index (χ3n) is 4.80. The van der Waals surface area contributed by atoms with Gasteiger partial charge in [0.25, 0.3) is 10.0 Å². The van der Waals surface area contributed by atoms with Crippen LogP contribution in [0.1, 0.15) is 6.42 Å². The van der Waals surface area contributed by atoms with Crippen molar-refractivity contribution in [1.82, 2.24) is 4.98 Å². The molecule has 1 saturated heterocycles. The second-order valence-electron chi connectivity index (χ2n) is 6.96. The fraction of sp³-hybridized carbons (Fsp3) is 0.150. The molecular weight excluding hydrogens is 479 g/mol. The number of carbonyl (C=O) groups is 2. The normalized spacial score (nSPS) is 16.2. The molecule has 8 nitrogen and oxygen atoms in total. The van der Waals surface area contributed by atoms with Crippen LogP contribution in [0.4, 0.5) is 20.9 Å². The van der Waals surface area contributed by atoms with Gasteiger partial charge in [-0.25, -0.2) is 17.8 Å². The zero-order valence-electron chi connectivity index (χ0n) is 16.3. The Balaban J connectivity index is 1.40. The third kappa shape index (κ3) is 4.74. The number of thiazole rings is 1. The SMILES string of the molecule is O=C(Nc1ccc(S(=O)(=O)Nc2nccs2)cc1)C1CC(=O)N(c2ccc(F)c(Cl)c2)C1. The average Bonchev–Trinajstić information content (AvgIpc) is 3.40. The number of nitrogens with one attached hydrogen (secondary N) is 2. The Morgan fingerprint density at radius 3 is 2.62 bits per heavy atom. The summed E-state index contributed by atoms with van der Waals surface area (Å²) in [6.45, 7) is 0.122. The largest absolute Gasteiger partial charge is 0.326 e. The summed E-state index contributed by atoms with van der Waals surface area (Å²) in [4.78, 5) is 30.3. The summed E-state index contributed by atoms with van der Waals surface area (Å²) in [5, 5.41) is 4.48. The molecule has 0 bridgehead atoms. The molecule has 166 valence electrons. The van der Waals surface area contributed by atoms with E-state index >= 15 is 0 Å². The Morgan fingerprint density at radius 1 is 1.22 bits per heavy atom. The van der Waals surface area contributed by atoms with Crippen LogP contribution >= 0.6 is 22.9 Å². The molecule has 2 heterocycles. The first-order valence-electron chi connectivity index (χ1n) is 9.31. The van der Waals surface area contributed by atoms with Crippen LogP contribution in [0.3, 0.4) is 0 Å². The third-order valence-corrected chi connectivity index (χ3v) is 7.26. The topological polar surface area (TPSA) is 108 Å². The van der Waals surface area contributed by atoms with E-state index in [4.69, 9.17) is 11.6 Å². The lowest BCUT2D eigenvalue weighted by Crippen LogP contribution is -2.28. The van der Waals surface area contributed by atoms with Gasteiger partial charge in [0.2, 0.25) is 11.8 Å². The molecule has 0 spiro atoms. The lowest BCUT2D eigenvalue weighted by Gasteiger charge is -2.17. The Morgan fingerprint density at radius 2 is 1.97 bits per heavy atom. The number of anilines is 3. The summed E-state index contributed by atoms with van der Waals surface area (Å²) >= 11 is 6.94. The van der Waals surface area contributed by atoms with Gasteiger partial charge in [0.05, 0.1) is 15.8 Å². The number of sulfonamides is 1. The number of carbonyl (C=O) groups excluding carboxylic acids is 2. The molecule has 1 aliphatic rings. The van der Waals surface area contributed by atoms with E-state index in [9.17, 15) is 22.4 Å². The van der Waals surface area contributed by atoms with E-state index in [2.05, 4.69) is 15.0 Å². The monoisotopic (exact) mass is 494 g/mol. The second-order valence-corrected chi connectivity index (χ2v) is 9.94. The maximum atomic E-state index is 13.4. The van der Waals surface area contributed by atoms with Crippen LogP contribution in [0, 0.1) is 11.7 Å². The molecule has 4 rings (SSSR count). The summed E-state index contributed by atoms with van der Waals surface area (Å²) in [7, 11) is -3.80. The van der Waals surface area contributed by atoms with Gasteiger partial charge in [-0.1, -0.05) is 11.6 Å². The second kappa shape index (κ2) is 8.85. The van der Waals surface area contributed by atoms with Gasteiger partial charge in [0.1, 0.15) is 5.82 Å². The molecule has 1 atom stereocenters. The van der Waals surface area contributed by atoms with E-state index in [0.29, 0.717) is 11.4 Å². The van der Waals surface area contributed by atoms with Gasteiger partial charge in [-0.05, 0) is 42.5 Å². The van der Waals surface area contributed by atoms with Crippen LogP contribution in [0.2, 0.25) is 5.02 Å². The Labute approximate surface area is 192 Å². The molecule has 0 aliphatic carbocycles. The average molecular weight is 495 g/mol. The van der Waals surface area contributed by atoms with Crippen LogP contribution < -0.4 is 14.9 Å². The van der Waals surface area contributed by atoms with Gasteiger partial charge >= 0.3 is 0 Å². The molecule has 1 fully saturated rings.